The van der Waals surface area contributed by atoms with Crippen LogP contribution in [0.15, 0.2) is 59.9 Å². The number of carbonyl (C=O) groups excluding carboxylic acids is 1. The van der Waals surface area contributed by atoms with Crippen molar-refractivity contribution in [1.82, 2.24) is 0 Å². The van der Waals surface area contributed by atoms with Crippen molar-refractivity contribution in [3.05, 3.63) is 82.5 Å². The quantitative estimate of drug-likeness (QED) is 0.770. The van der Waals surface area contributed by atoms with Crippen LogP contribution in [0.4, 0.5) is 0 Å². The van der Waals surface area contributed by atoms with Crippen LogP contribution >= 0.6 is 0 Å². The summed E-state index contributed by atoms with van der Waals surface area (Å²) in [7, 11) is 0. The molecule has 0 unspecified atom stereocenters. The van der Waals surface area contributed by atoms with Gasteiger partial charge in [-0.1, -0.05) is 48.6 Å². The average Bonchev–Trinajstić information content (AvgIpc) is 3.21. The van der Waals surface area contributed by atoms with Crippen molar-refractivity contribution in [2.45, 2.75) is 6.92 Å². The summed E-state index contributed by atoms with van der Waals surface area (Å²) < 4.78 is 0. The van der Waals surface area contributed by atoms with E-state index in [1.807, 2.05) is 36.4 Å². The fourth-order valence-corrected chi connectivity index (χ4v) is 1.83. The topological polar surface area (TPSA) is 128 Å². The predicted octanol–water partition coefficient (Wildman–Crippen LogP) is 3.34. The molecule has 0 atom stereocenters. The van der Waals surface area contributed by atoms with Crippen LogP contribution in [0.5, 0.6) is 11.5 Å². The van der Waals surface area contributed by atoms with Crippen molar-refractivity contribution in [2.24, 2.45) is 0 Å². The van der Waals surface area contributed by atoms with Gasteiger partial charge in [-0.05, 0) is 19.1 Å². The summed E-state index contributed by atoms with van der Waals surface area (Å²) >= 11 is 0. The molecule has 25 heavy (non-hydrogen) atoms. The van der Waals surface area contributed by atoms with E-state index in [0.29, 0.717) is 0 Å². The van der Waals surface area contributed by atoms with Crippen LogP contribution in [0.2, 0.25) is 0 Å². The summed E-state index contributed by atoms with van der Waals surface area (Å²) in [5.41, 5.74) is 3.12. The first-order chi connectivity index (χ1) is 11.0. The smallest absolute Gasteiger partial charge is 0.693 e. The number of aromatic hydroxyl groups is 2. The first kappa shape index (κ1) is 22.3. The van der Waals surface area contributed by atoms with Gasteiger partial charge >= 0.3 is 16.8 Å². The van der Waals surface area contributed by atoms with Gasteiger partial charge in [-0.2, -0.15) is 11.4 Å². The molecule has 0 bridgehead atoms. The molecule has 4 N–H and O–H groups in total. The summed E-state index contributed by atoms with van der Waals surface area (Å²) in [6.07, 6.45) is 3.64. The molecule has 0 aliphatic carbocycles. The number of rotatable bonds is 2. The second kappa shape index (κ2) is 10.2. The SMILES string of the molecule is CC(=O)[O-].Oc1ccccc1C=C1[N-]C1=Cc1ccccc1O.[Co+3].[NH2-]. The van der Waals surface area contributed by atoms with Gasteiger partial charge in [-0.15, -0.1) is 0 Å². The van der Waals surface area contributed by atoms with Gasteiger partial charge in [0.15, 0.2) is 0 Å². The van der Waals surface area contributed by atoms with Crippen LogP contribution in [-0.2, 0) is 21.6 Å². The Hall–Kier alpha value is -2.74. The standard InChI is InChI=1S/C16H12NO2.C2H4O2.Co.H2N/c18-15-7-3-1-5-11(15)9-13-14(17-13)10-12-6-2-4-8-16(12)19;1-2(3)4;;/h1-10,18-19H;1H3,(H,3,4);;1H2/q-1;;+3;-1/p-1. The van der Waals surface area contributed by atoms with Crippen molar-refractivity contribution in [2.75, 3.05) is 0 Å². The molecular formula is C18H17CoN2O4. The van der Waals surface area contributed by atoms with Crippen LogP contribution in [-0.4, -0.2) is 16.2 Å². The first-order valence-electron chi connectivity index (χ1n) is 6.86. The van der Waals surface area contributed by atoms with E-state index in [2.05, 4.69) is 5.32 Å². The normalized spacial score (nSPS) is 14.3. The minimum Gasteiger partial charge on any atom is -0.693 e. The Balaban J connectivity index is 0.000000874. The van der Waals surface area contributed by atoms with Crippen molar-refractivity contribution < 1.29 is 36.9 Å². The monoisotopic (exact) mass is 384 g/mol. The molecule has 0 aromatic heterocycles. The number of para-hydroxylation sites is 2. The Bertz CT molecular complexity index is 725. The zero-order chi connectivity index (χ0) is 16.8. The van der Waals surface area contributed by atoms with E-state index >= 15 is 0 Å². The Kier molecular flexibility index (Phi) is 9.07. The molecular weight excluding hydrogens is 367 g/mol. The fraction of sp³-hybridized carbons (Fsp3) is 0.0556. The molecule has 1 saturated heterocycles. The van der Waals surface area contributed by atoms with Gasteiger partial charge in [-0.3, -0.25) is 0 Å². The van der Waals surface area contributed by atoms with E-state index in [0.717, 1.165) is 29.4 Å². The maximum atomic E-state index is 9.66. The molecule has 2 aromatic rings. The Morgan fingerprint density at radius 1 is 0.920 bits per heavy atom. The molecule has 7 heteroatoms. The third-order valence-corrected chi connectivity index (χ3v) is 2.91. The number of carboxylic acids is 1. The minimum atomic E-state index is -1.08. The molecule has 1 aliphatic heterocycles. The van der Waals surface area contributed by atoms with Crippen molar-refractivity contribution >= 4 is 18.1 Å². The van der Waals surface area contributed by atoms with Crippen molar-refractivity contribution in [3.8, 4) is 11.5 Å². The first-order valence-corrected chi connectivity index (χ1v) is 6.86. The van der Waals surface area contributed by atoms with Gasteiger partial charge in [0, 0.05) is 17.1 Å². The number of nitrogens with zero attached hydrogens (tertiary/aromatic N) is 1. The number of benzene rings is 2. The van der Waals surface area contributed by atoms with Gasteiger partial charge in [0.2, 0.25) is 0 Å². The van der Waals surface area contributed by atoms with Crippen LogP contribution < -0.4 is 5.11 Å². The van der Waals surface area contributed by atoms with E-state index in [9.17, 15) is 10.2 Å². The number of aliphatic carboxylic acids is 1. The molecule has 1 heterocycles. The van der Waals surface area contributed by atoms with Gasteiger partial charge in [0.25, 0.3) is 0 Å². The zero-order valence-electron chi connectivity index (χ0n) is 13.3. The number of phenols is 2. The second-order valence-electron chi connectivity index (χ2n) is 4.78. The maximum absolute atomic E-state index is 9.66. The molecule has 0 spiro atoms. The van der Waals surface area contributed by atoms with Crippen LogP contribution in [0.25, 0.3) is 23.6 Å². The summed E-state index contributed by atoms with van der Waals surface area (Å²) in [5.74, 6) is -0.613. The third kappa shape index (κ3) is 7.13. The molecule has 1 fully saturated rings. The van der Waals surface area contributed by atoms with E-state index in [4.69, 9.17) is 9.90 Å². The number of carbonyl (C=O) groups is 1. The second-order valence-corrected chi connectivity index (χ2v) is 4.78. The minimum absolute atomic E-state index is 0. The fourth-order valence-electron chi connectivity index (χ4n) is 1.83. The van der Waals surface area contributed by atoms with Crippen molar-refractivity contribution in [1.29, 1.82) is 0 Å². The van der Waals surface area contributed by atoms with Crippen LogP contribution in [0, 0.1) is 0 Å². The number of carboxylic acid groups (broad SMARTS) is 1. The number of phenolic OH excluding ortho intramolecular Hbond substituents is 2. The number of hydrogen-bond donors (Lipinski definition) is 2. The Labute approximate surface area is 156 Å². The number of hydrogen-bond acceptors (Lipinski definition) is 4. The summed E-state index contributed by atoms with van der Waals surface area (Å²) in [6.45, 7) is 0.972. The van der Waals surface area contributed by atoms with Gasteiger partial charge in [-0.25, -0.2) is 0 Å². The molecule has 132 valence electrons. The predicted molar refractivity (Wildman–Crippen MR) is 91.5 cm³/mol. The zero-order valence-corrected chi connectivity index (χ0v) is 14.4. The van der Waals surface area contributed by atoms with Gasteiger partial charge in [0.05, 0.1) is 0 Å². The molecule has 0 radical (unpaired) electrons. The molecule has 0 saturated carbocycles. The molecule has 6 nitrogen and oxygen atoms in total. The van der Waals surface area contributed by atoms with E-state index in [1.165, 1.54) is 0 Å². The molecule has 2 aromatic carbocycles. The largest absolute Gasteiger partial charge is 3.00 e. The van der Waals surface area contributed by atoms with E-state index < -0.39 is 5.97 Å². The van der Waals surface area contributed by atoms with E-state index in [-0.39, 0.29) is 34.4 Å². The maximum Gasteiger partial charge on any atom is 3.00 e. The molecule has 0 amide bonds. The Morgan fingerprint density at radius 2 is 1.24 bits per heavy atom. The number of nitrogens with two attached hydrogens (primary N) is 1. The van der Waals surface area contributed by atoms with Crippen LogP contribution in [0.3, 0.4) is 0 Å². The summed E-state index contributed by atoms with van der Waals surface area (Å²) in [5, 5.41) is 32.4. The van der Waals surface area contributed by atoms with Crippen LogP contribution in [0.1, 0.15) is 18.1 Å². The molecule has 3 rings (SSSR count). The molecule has 1 aliphatic rings. The average molecular weight is 384 g/mol. The summed E-state index contributed by atoms with van der Waals surface area (Å²) in [6, 6.07) is 14.2. The van der Waals surface area contributed by atoms with E-state index in [1.54, 1.807) is 24.3 Å². The van der Waals surface area contributed by atoms with Gasteiger partial charge in [0.1, 0.15) is 11.5 Å². The van der Waals surface area contributed by atoms with Crippen molar-refractivity contribution in [3.63, 3.8) is 0 Å². The summed E-state index contributed by atoms with van der Waals surface area (Å²) in [4.78, 5) is 8.89. The van der Waals surface area contributed by atoms with Gasteiger partial charge < -0.3 is 31.6 Å². The Morgan fingerprint density at radius 3 is 1.56 bits per heavy atom. The third-order valence-electron chi connectivity index (χ3n) is 2.91.